The molecule has 72 valence electrons. The third-order valence-electron chi connectivity index (χ3n) is 1.71. The Kier molecular flexibility index (Phi) is 3.70. The lowest BCUT2D eigenvalue weighted by Crippen LogP contribution is -1.95. The van der Waals surface area contributed by atoms with Crippen molar-refractivity contribution < 1.29 is 14.0 Å². The molecular weight excluding hydrogens is 185 g/mol. The Bertz CT molecular complexity index is 366. The average molecular weight is 193 g/mol. The maximum atomic E-state index is 12.5. The van der Waals surface area contributed by atoms with Crippen molar-refractivity contribution >= 4 is 12.0 Å². The van der Waals surface area contributed by atoms with Crippen LogP contribution in [-0.2, 0) is 16.0 Å². The Morgan fingerprint density at radius 1 is 1.36 bits per heavy atom. The SMILES string of the molecule is O=C=NC(=O)CCc1ccc(F)cc1. The number of carbonyl (C=O) groups is 1. The molecule has 0 heterocycles. The minimum atomic E-state index is -0.510. The molecule has 0 atom stereocenters. The second-order valence-electron chi connectivity index (χ2n) is 2.72. The second kappa shape index (κ2) is 5.04. The predicted octanol–water partition coefficient (Wildman–Crippen LogP) is 1.62. The first-order valence-electron chi connectivity index (χ1n) is 4.07. The smallest absolute Gasteiger partial charge is 0.256 e. The number of hydrogen-bond acceptors (Lipinski definition) is 2. The van der Waals surface area contributed by atoms with E-state index >= 15 is 0 Å². The average Bonchev–Trinajstić information content (AvgIpc) is 2.17. The van der Waals surface area contributed by atoms with Crippen LogP contribution >= 0.6 is 0 Å². The second-order valence-corrected chi connectivity index (χ2v) is 2.72. The molecule has 0 aliphatic heterocycles. The molecule has 0 aliphatic rings. The van der Waals surface area contributed by atoms with Gasteiger partial charge in [-0.05, 0) is 24.1 Å². The third kappa shape index (κ3) is 3.29. The van der Waals surface area contributed by atoms with Gasteiger partial charge in [0.05, 0.1) is 0 Å². The van der Waals surface area contributed by atoms with Crippen molar-refractivity contribution in [2.45, 2.75) is 12.8 Å². The maximum Gasteiger partial charge on any atom is 0.256 e. The number of halogens is 1. The van der Waals surface area contributed by atoms with Gasteiger partial charge in [-0.2, -0.15) is 0 Å². The molecule has 0 N–H and O–H groups in total. The molecule has 0 unspecified atom stereocenters. The normalized spacial score (nSPS) is 9.21. The maximum absolute atomic E-state index is 12.5. The van der Waals surface area contributed by atoms with Gasteiger partial charge in [-0.25, -0.2) is 9.18 Å². The number of aliphatic imine (C=N–C) groups is 1. The highest BCUT2D eigenvalue weighted by Gasteiger charge is 2.00. The molecule has 1 aromatic rings. The quantitative estimate of drug-likeness (QED) is 0.541. The molecule has 1 amide bonds. The molecule has 0 radical (unpaired) electrons. The van der Waals surface area contributed by atoms with E-state index in [-0.39, 0.29) is 12.2 Å². The van der Waals surface area contributed by atoms with E-state index in [1.54, 1.807) is 12.1 Å². The van der Waals surface area contributed by atoms with Gasteiger partial charge < -0.3 is 0 Å². The fraction of sp³-hybridized carbons (Fsp3) is 0.200. The van der Waals surface area contributed by atoms with E-state index in [2.05, 4.69) is 4.99 Å². The van der Waals surface area contributed by atoms with E-state index in [0.29, 0.717) is 6.42 Å². The molecule has 0 saturated carbocycles. The minimum Gasteiger partial charge on any atom is -0.272 e. The van der Waals surface area contributed by atoms with Crippen LogP contribution in [0, 0.1) is 5.82 Å². The van der Waals surface area contributed by atoms with Gasteiger partial charge in [-0.1, -0.05) is 12.1 Å². The Morgan fingerprint density at radius 2 is 2.00 bits per heavy atom. The number of rotatable bonds is 3. The molecule has 4 heteroatoms. The van der Waals surface area contributed by atoms with E-state index in [4.69, 9.17) is 0 Å². The first-order chi connectivity index (χ1) is 6.72. The lowest BCUT2D eigenvalue weighted by Gasteiger charge is -1.97. The topological polar surface area (TPSA) is 46.5 Å². The summed E-state index contributed by atoms with van der Waals surface area (Å²) in [6.07, 6.45) is 1.77. The van der Waals surface area contributed by atoms with Gasteiger partial charge in [-0.3, -0.25) is 4.79 Å². The molecule has 1 aromatic carbocycles. The standard InChI is InChI=1S/C10H8FNO2/c11-9-4-1-8(2-5-9)3-6-10(14)12-7-13/h1-2,4-5H,3,6H2. The van der Waals surface area contributed by atoms with E-state index in [1.165, 1.54) is 18.2 Å². The highest BCUT2D eigenvalue weighted by molar-refractivity contribution is 5.81. The Balaban J connectivity index is 2.49. The number of benzene rings is 1. The summed E-state index contributed by atoms with van der Waals surface area (Å²) in [6.45, 7) is 0. The highest BCUT2D eigenvalue weighted by atomic mass is 19.1. The van der Waals surface area contributed by atoms with E-state index in [0.717, 1.165) is 5.56 Å². The molecule has 0 saturated heterocycles. The molecule has 0 aliphatic carbocycles. The summed E-state index contributed by atoms with van der Waals surface area (Å²) in [7, 11) is 0. The number of aryl methyl sites for hydroxylation is 1. The summed E-state index contributed by atoms with van der Waals surface area (Å²) >= 11 is 0. The van der Waals surface area contributed by atoms with Crippen molar-refractivity contribution in [2.24, 2.45) is 4.99 Å². The zero-order chi connectivity index (χ0) is 10.4. The van der Waals surface area contributed by atoms with E-state index < -0.39 is 5.91 Å². The van der Waals surface area contributed by atoms with Crippen molar-refractivity contribution in [3.8, 4) is 0 Å². The molecule has 3 nitrogen and oxygen atoms in total. The molecule has 0 aromatic heterocycles. The van der Waals surface area contributed by atoms with Crippen LogP contribution in [0.5, 0.6) is 0 Å². The van der Waals surface area contributed by atoms with Gasteiger partial charge in [0.25, 0.3) is 5.91 Å². The number of hydrogen-bond donors (Lipinski definition) is 0. The summed E-state index contributed by atoms with van der Waals surface area (Å²) in [5.74, 6) is -0.824. The number of amides is 1. The van der Waals surface area contributed by atoms with Crippen LogP contribution in [-0.4, -0.2) is 12.0 Å². The summed E-state index contributed by atoms with van der Waals surface area (Å²) in [6, 6.07) is 5.83. The number of carbonyl (C=O) groups excluding carboxylic acids is 2. The summed E-state index contributed by atoms with van der Waals surface area (Å²) in [5.41, 5.74) is 0.834. The third-order valence-corrected chi connectivity index (χ3v) is 1.71. The van der Waals surface area contributed by atoms with Crippen LogP contribution in [0.2, 0.25) is 0 Å². The van der Waals surface area contributed by atoms with Crippen molar-refractivity contribution in [1.82, 2.24) is 0 Å². The van der Waals surface area contributed by atoms with Crippen molar-refractivity contribution in [3.63, 3.8) is 0 Å². The van der Waals surface area contributed by atoms with Crippen molar-refractivity contribution in [2.75, 3.05) is 0 Å². The summed E-state index contributed by atoms with van der Waals surface area (Å²) in [5, 5.41) is 0. The van der Waals surface area contributed by atoms with E-state index in [1.807, 2.05) is 0 Å². The van der Waals surface area contributed by atoms with Crippen molar-refractivity contribution in [1.29, 1.82) is 0 Å². The lowest BCUT2D eigenvalue weighted by atomic mass is 10.1. The monoisotopic (exact) mass is 193 g/mol. The summed E-state index contributed by atoms with van der Waals surface area (Å²) in [4.78, 5) is 23.4. The molecule has 0 fully saturated rings. The van der Waals surface area contributed by atoms with Crippen LogP contribution in [0.15, 0.2) is 29.3 Å². The van der Waals surface area contributed by atoms with Crippen LogP contribution in [0.1, 0.15) is 12.0 Å². The van der Waals surface area contributed by atoms with Gasteiger partial charge >= 0.3 is 0 Å². The van der Waals surface area contributed by atoms with Crippen LogP contribution in [0.3, 0.4) is 0 Å². The molecule has 14 heavy (non-hydrogen) atoms. The lowest BCUT2D eigenvalue weighted by molar-refractivity contribution is -0.117. The zero-order valence-corrected chi connectivity index (χ0v) is 7.37. The minimum absolute atomic E-state index is 0.140. The summed E-state index contributed by atoms with van der Waals surface area (Å²) < 4.78 is 12.5. The molecule has 0 spiro atoms. The highest BCUT2D eigenvalue weighted by Crippen LogP contribution is 2.05. The first kappa shape index (κ1) is 10.3. The van der Waals surface area contributed by atoms with Crippen LogP contribution in [0.25, 0.3) is 0 Å². The molecule has 1 rings (SSSR count). The number of nitrogens with zero attached hydrogens (tertiary/aromatic N) is 1. The largest absolute Gasteiger partial charge is 0.272 e. The van der Waals surface area contributed by atoms with Crippen LogP contribution < -0.4 is 0 Å². The predicted molar refractivity (Wildman–Crippen MR) is 47.8 cm³/mol. The van der Waals surface area contributed by atoms with Gasteiger partial charge in [0.2, 0.25) is 6.08 Å². The van der Waals surface area contributed by atoms with Crippen molar-refractivity contribution in [3.05, 3.63) is 35.6 Å². The van der Waals surface area contributed by atoms with Gasteiger partial charge in [0, 0.05) is 6.42 Å². The van der Waals surface area contributed by atoms with Crippen LogP contribution in [0.4, 0.5) is 4.39 Å². The molecular formula is C10H8FNO2. The Hall–Kier alpha value is -1.80. The fourth-order valence-corrected chi connectivity index (χ4v) is 1.01. The Morgan fingerprint density at radius 3 is 2.57 bits per heavy atom. The van der Waals surface area contributed by atoms with Gasteiger partial charge in [0.1, 0.15) is 5.82 Å². The Labute approximate surface area is 80.3 Å². The molecule has 0 bridgehead atoms. The fourth-order valence-electron chi connectivity index (χ4n) is 1.01. The number of isocyanates is 1. The van der Waals surface area contributed by atoms with E-state index in [9.17, 15) is 14.0 Å². The van der Waals surface area contributed by atoms with Gasteiger partial charge in [-0.15, -0.1) is 4.99 Å². The van der Waals surface area contributed by atoms with Gasteiger partial charge in [0.15, 0.2) is 0 Å². The zero-order valence-electron chi connectivity index (χ0n) is 7.37. The first-order valence-corrected chi connectivity index (χ1v) is 4.07.